The maximum atomic E-state index is 11.6. The quantitative estimate of drug-likeness (QED) is 0.783. The van der Waals surface area contributed by atoms with E-state index in [2.05, 4.69) is 15.9 Å². The molecule has 0 aliphatic rings. The predicted molar refractivity (Wildman–Crippen MR) is 76.9 cm³/mol. The van der Waals surface area contributed by atoms with E-state index >= 15 is 0 Å². The van der Waals surface area contributed by atoms with Crippen molar-refractivity contribution >= 4 is 28.3 Å². The largest absolute Gasteiger partial charge is 0.479 e. The van der Waals surface area contributed by atoms with Gasteiger partial charge in [0.2, 0.25) is 6.41 Å². The third-order valence-corrected chi connectivity index (χ3v) is 3.68. The van der Waals surface area contributed by atoms with Gasteiger partial charge in [-0.3, -0.25) is 4.79 Å². The molecule has 5 heteroatoms. The van der Waals surface area contributed by atoms with Crippen LogP contribution in [0.2, 0.25) is 0 Å². The van der Waals surface area contributed by atoms with Gasteiger partial charge < -0.3 is 10.0 Å². The molecule has 1 amide bonds. The van der Waals surface area contributed by atoms with Crippen LogP contribution in [0.5, 0.6) is 0 Å². The van der Waals surface area contributed by atoms with Gasteiger partial charge in [-0.1, -0.05) is 35.0 Å². The topological polar surface area (TPSA) is 57.6 Å². The van der Waals surface area contributed by atoms with Crippen LogP contribution in [-0.2, 0) is 16.0 Å². The number of aliphatic carboxylic acids is 1. The molecular formula is C14H18BrNO3. The maximum Gasteiger partial charge on any atom is 0.329 e. The highest BCUT2D eigenvalue weighted by Gasteiger charge is 2.38. The lowest BCUT2D eigenvalue weighted by Crippen LogP contribution is -2.53. The van der Waals surface area contributed by atoms with Gasteiger partial charge >= 0.3 is 5.97 Å². The van der Waals surface area contributed by atoms with Crippen LogP contribution in [-0.4, -0.2) is 34.5 Å². The molecule has 4 nitrogen and oxygen atoms in total. The lowest BCUT2D eigenvalue weighted by atomic mass is 9.91. The Morgan fingerprint density at radius 2 is 2.00 bits per heavy atom. The molecular weight excluding hydrogens is 310 g/mol. The second-order valence-electron chi connectivity index (χ2n) is 4.68. The van der Waals surface area contributed by atoms with Crippen molar-refractivity contribution in [3.05, 3.63) is 34.3 Å². The molecule has 104 valence electrons. The molecule has 0 heterocycles. The van der Waals surface area contributed by atoms with Gasteiger partial charge in [-0.25, -0.2) is 4.79 Å². The molecule has 0 aromatic heterocycles. The van der Waals surface area contributed by atoms with Crippen molar-refractivity contribution < 1.29 is 14.7 Å². The molecule has 0 spiro atoms. The van der Waals surface area contributed by atoms with Crippen molar-refractivity contribution in [2.24, 2.45) is 0 Å². The summed E-state index contributed by atoms with van der Waals surface area (Å²) in [7, 11) is 0. The third kappa shape index (κ3) is 3.80. The van der Waals surface area contributed by atoms with Gasteiger partial charge in [-0.15, -0.1) is 0 Å². The number of carboxylic acids is 1. The number of hydrogen-bond donors (Lipinski definition) is 1. The van der Waals surface area contributed by atoms with E-state index in [0.717, 1.165) is 16.5 Å². The highest BCUT2D eigenvalue weighted by molar-refractivity contribution is 9.10. The first-order chi connectivity index (χ1) is 8.93. The molecule has 0 saturated carbocycles. The van der Waals surface area contributed by atoms with Crippen molar-refractivity contribution in [2.75, 3.05) is 6.54 Å². The summed E-state index contributed by atoms with van der Waals surface area (Å²) in [5, 5.41) is 9.47. The van der Waals surface area contributed by atoms with Crippen LogP contribution in [0, 0.1) is 0 Å². The average molecular weight is 328 g/mol. The Hall–Kier alpha value is -1.36. The summed E-state index contributed by atoms with van der Waals surface area (Å²) >= 11 is 3.34. The molecule has 0 radical (unpaired) electrons. The van der Waals surface area contributed by atoms with Crippen molar-refractivity contribution in [3.63, 3.8) is 0 Å². The summed E-state index contributed by atoms with van der Waals surface area (Å²) < 4.78 is 0.939. The first-order valence-corrected chi connectivity index (χ1v) is 6.93. The first kappa shape index (κ1) is 15.7. The summed E-state index contributed by atoms with van der Waals surface area (Å²) in [6.45, 7) is 3.93. The van der Waals surface area contributed by atoms with E-state index in [1.807, 2.05) is 31.2 Å². The molecule has 1 rings (SSSR count). The highest BCUT2D eigenvalue weighted by atomic mass is 79.9. The number of carboxylic acid groups (broad SMARTS) is 1. The number of hydrogen-bond acceptors (Lipinski definition) is 2. The monoisotopic (exact) mass is 327 g/mol. The number of carbonyl (C=O) groups excluding carboxylic acids is 1. The zero-order chi connectivity index (χ0) is 14.5. The summed E-state index contributed by atoms with van der Waals surface area (Å²) in [4.78, 5) is 24.1. The Kier molecular flexibility index (Phi) is 5.54. The first-order valence-electron chi connectivity index (χ1n) is 6.14. The Morgan fingerprint density at radius 3 is 2.42 bits per heavy atom. The lowest BCUT2D eigenvalue weighted by molar-refractivity contribution is -0.154. The lowest BCUT2D eigenvalue weighted by Gasteiger charge is -2.35. The Balaban J connectivity index is 3.02. The molecule has 0 fully saturated rings. The molecule has 0 aliphatic heterocycles. The zero-order valence-corrected chi connectivity index (χ0v) is 12.7. The van der Waals surface area contributed by atoms with Gasteiger partial charge in [0.1, 0.15) is 5.54 Å². The minimum absolute atomic E-state index is 0.286. The van der Waals surface area contributed by atoms with Gasteiger partial charge in [0, 0.05) is 17.4 Å². The Morgan fingerprint density at radius 1 is 1.42 bits per heavy atom. The smallest absolute Gasteiger partial charge is 0.329 e. The van der Waals surface area contributed by atoms with Gasteiger partial charge in [-0.05, 0) is 31.0 Å². The van der Waals surface area contributed by atoms with Crippen LogP contribution >= 0.6 is 15.9 Å². The van der Waals surface area contributed by atoms with Crippen LogP contribution in [0.3, 0.4) is 0 Å². The predicted octanol–water partition coefficient (Wildman–Crippen LogP) is 2.70. The standard InChI is InChI=1S/C14H18BrNO3/c1-3-8-16(10-17)14(2,13(18)19)9-11-4-6-12(15)7-5-11/h4-7,10H,3,8-9H2,1-2H3,(H,18,19). The molecule has 1 atom stereocenters. The van der Waals surface area contributed by atoms with Crippen molar-refractivity contribution in [1.29, 1.82) is 0 Å². The number of rotatable bonds is 7. The van der Waals surface area contributed by atoms with Gasteiger partial charge in [0.15, 0.2) is 0 Å². The number of carbonyl (C=O) groups is 2. The average Bonchev–Trinajstić information content (AvgIpc) is 2.38. The molecule has 1 unspecified atom stereocenters. The van der Waals surface area contributed by atoms with E-state index in [1.165, 1.54) is 4.90 Å². The third-order valence-electron chi connectivity index (χ3n) is 3.15. The fraction of sp³-hybridized carbons (Fsp3) is 0.429. The summed E-state index contributed by atoms with van der Waals surface area (Å²) in [5.41, 5.74) is -0.331. The van der Waals surface area contributed by atoms with Crippen molar-refractivity contribution in [3.8, 4) is 0 Å². The number of nitrogens with zero attached hydrogens (tertiary/aromatic N) is 1. The van der Waals surface area contributed by atoms with Crippen LogP contribution in [0.4, 0.5) is 0 Å². The van der Waals surface area contributed by atoms with Crippen LogP contribution in [0.25, 0.3) is 0 Å². The summed E-state index contributed by atoms with van der Waals surface area (Å²) in [6.07, 6.45) is 1.63. The van der Waals surface area contributed by atoms with Crippen molar-refractivity contribution in [1.82, 2.24) is 4.90 Å². The van der Waals surface area contributed by atoms with E-state index in [-0.39, 0.29) is 6.42 Å². The molecule has 1 N–H and O–H groups in total. The minimum atomic E-state index is -1.22. The fourth-order valence-electron chi connectivity index (χ4n) is 1.96. The van der Waals surface area contributed by atoms with Gasteiger partial charge in [0.05, 0.1) is 0 Å². The van der Waals surface area contributed by atoms with Gasteiger partial charge in [0.25, 0.3) is 0 Å². The normalized spacial score (nSPS) is 13.6. The second-order valence-corrected chi connectivity index (χ2v) is 5.60. The second kappa shape index (κ2) is 6.70. The Labute approximate surface area is 121 Å². The molecule has 1 aromatic carbocycles. The van der Waals surface area contributed by atoms with Crippen LogP contribution < -0.4 is 0 Å². The fourth-order valence-corrected chi connectivity index (χ4v) is 2.22. The van der Waals surface area contributed by atoms with Gasteiger partial charge in [-0.2, -0.15) is 0 Å². The number of benzene rings is 1. The van der Waals surface area contributed by atoms with Crippen LogP contribution in [0.1, 0.15) is 25.8 Å². The number of halogens is 1. The van der Waals surface area contributed by atoms with E-state index in [1.54, 1.807) is 6.92 Å². The molecule has 1 aromatic rings. The van der Waals surface area contributed by atoms with E-state index in [0.29, 0.717) is 13.0 Å². The van der Waals surface area contributed by atoms with Crippen LogP contribution in [0.15, 0.2) is 28.7 Å². The minimum Gasteiger partial charge on any atom is -0.479 e. The maximum absolute atomic E-state index is 11.6. The Bertz CT molecular complexity index is 447. The highest BCUT2D eigenvalue weighted by Crippen LogP contribution is 2.22. The molecule has 0 aliphatic carbocycles. The van der Waals surface area contributed by atoms with E-state index in [4.69, 9.17) is 0 Å². The SMILES string of the molecule is CCCN(C=O)C(C)(Cc1ccc(Br)cc1)C(=O)O. The molecule has 0 saturated heterocycles. The molecule has 0 bridgehead atoms. The molecule has 19 heavy (non-hydrogen) atoms. The zero-order valence-electron chi connectivity index (χ0n) is 11.1. The van der Waals surface area contributed by atoms with E-state index < -0.39 is 11.5 Å². The van der Waals surface area contributed by atoms with Crippen molar-refractivity contribution in [2.45, 2.75) is 32.2 Å². The van der Waals surface area contributed by atoms with E-state index in [9.17, 15) is 14.7 Å². The number of amides is 1. The summed E-state index contributed by atoms with van der Waals surface area (Å²) in [6, 6.07) is 7.45. The summed E-state index contributed by atoms with van der Waals surface area (Å²) in [5.74, 6) is -0.990.